The minimum atomic E-state index is -1.44. The molecule has 2 aromatic heterocycles. The molecule has 3 aromatic carbocycles. The molecule has 0 bridgehead atoms. The molecule has 328 valence electrons. The number of aliphatic hydroxyl groups is 1. The maximum Gasteiger partial charge on any atom is 0.248 e. The van der Waals surface area contributed by atoms with Crippen LogP contribution in [-0.2, 0) is 41.6 Å². The van der Waals surface area contributed by atoms with Gasteiger partial charge in [-0.1, -0.05) is 67.4 Å². The minimum Gasteiger partial charge on any atom is -0.488 e. The van der Waals surface area contributed by atoms with E-state index in [9.17, 15) is 33.9 Å². The van der Waals surface area contributed by atoms with Crippen molar-refractivity contribution >= 4 is 57.2 Å². The van der Waals surface area contributed by atoms with Gasteiger partial charge in [-0.15, -0.1) is 0 Å². The fourth-order valence-electron chi connectivity index (χ4n) is 9.94. The van der Waals surface area contributed by atoms with E-state index >= 15 is 0 Å². The highest BCUT2D eigenvalue weighted by Gasteiger charge is 2.49. The average Bonchev–Trinajstić information content (AvgIpc) is 4.16. The van der Waals surface area contributed by atoms with Crippen molar-refractivity contribution in [3.05, 3.63) is 102 Å². The topological polar surface area (TPSA) is 218 Å². The monoisotopic (exact) mass is 856 g/mol. The molecule has 0 radical (unpaired) electrons. The number of fused-ring (bicyclic) bond motifs is 4. The molecule has 6 amide bonds. The van der Waals surface area contributed by atoms with Crippen LogP contribution >= 0.6 is 0 Å². The molecule has 9 rings (SSSR count). The Balaban J connectivity index is 1.10. The van der Waals surface area contributed by atoms with Crippen LogP contribution < -0.4 is 26.0 Å². The van der Waals surface area contributed by atoms with Gasteiger partial charge in [0.25, 0.3) is 0 Å². The van der Waals surface area contributed by atoms with E-state index < -0.39 is 83.9 Å². The zero-order chi connectivity index (χ0) is 43.7. The van der Waals surface area contributed by atoms with E-state index in [1.54, 1.807) is 24.5 Å². The average molecular weight is 857 g/mol. The SMILES string of the molecule is O=C1NC2(CCCC2)C(=O)N[C@@H](Cc2c[nH]c3ccccc23)C(=O)N[C@@H](CO)C(=O)N2CCC[C@@H]2C(=O)N2C[C@@H](Oc3ccccc3)C[C@@H]2C(=O)N[C@H]1Cc1c[nH]c2ccccc12. The summed E-state index contributed by atoms with van der Waals surface area (Å²) in [5, 5.41) is 24.0. The van der Waals surface area contributed by atoms with Gasteiger partial charge < -0.3 is 50.9 Å². The highest BCUT2D eigenvalue weighted by molar-refractivity contribution is 6.00. The fraction of sp³-hybridized carbons (Fsp3) is 0.404. The van der Waals surface area contributed by atoms with Crippen molar-refractivity contribution in [2.24, 2.45) is 0 Å². The van der Waals surface area contributed by atoms with Crippen molar-refractivity contribution in [2.45, 2.75) is 99.6 Å². The molecule has 4 aliphatic rings. The number of hydrogen-bond donors (Lipinski definition) is 7. The molecule has 3 aliphatic heterocycles. The lowest BCUT2D eigenvalue weighted by atomic mass is 9.93. The second-order valence-electron chi connectivity index (χ2n) is 17.2. The lowest BCUT2D eigenvalue weighted by Crippen LogP contribution is -2.65. The molecule has 6 atom stereocenters. The first-order valence-electron chi connectivity index (χ1n) is 21.9. The van der Waals surface area contributed by atoms with Crippen molar-refractivity contribution < 1.29 is 38.6 Å². The summed E-state index contributed by atoms with van der Waals surface area (Å²) in [5.74, 6) is -3.04. The van der Waals surface area contributed by atoms with Crippen LogP contribution in [0.15, 0.2) is 91.3 Å². The summed E-state index contributed by atoms with van der Waals surface area (Å²) in [4.78, 5) is 97.0. The van der Waals surface area contributed by atoms with Gasteiger partial charge in [0.2, 0.25) is 35.4 Å². The normalized spacial score (nSPS) is 25.9. The minimum absolute atomic E-state index is 0.0184. The summed E-state index contributed by atoms with van der Waals surface area (Å²) < 4.78 is 6.30. The van der Waals surface area contributed by atoms with Gasteiger partial charge >= 0.3 is 0 Å². The number of amides is 6. The summed E-state index contributed by atoms with van der Waals surface area (Å²) in [6.07, 6.45) is 5.68. The van der Waals surface area contributed by atoms with E-state index in [-0.39, 0.29) is 45.2 Å². The van der Waals surface area contributed by atoms with E-state index in [4.69, 9.17) is 4.74 Å². The van der Waals surface area contributed by atoms with Crippen LogP contribution in [0.25, 0.3) is 21.8 Å². The van der Waals surface area contributed by atoms with E-state index in [1.165, 1.54) is 9.80 Å². The molecule has 5 aromatic rings. The smallest absolute Gasteiger partial charge is 0.248 e. The molecule has 63 heavy (non-hydrogen) atoms. The van der Waals surface area contributed by atoms with Gasteiger partial charge in [-0.3, -0.25) is 28.8 Å². The molecule has 1 aliphatic carbocycles. The van der Waals surface area contributed by atoms with Gasteiger partial charge in [0.05, 0.1) is 13.2 Å². The number of benzene rings is 3. The van der Waals surface area contributed by atoms with Gasteiger partial charge in [0.15, 0.2) is 0 Å². The third kappa shape index (κ3) is 8.34. The van der Waals surface area contributed by atoms with Gasteiger partial charge in [0.1, 0.15) is 47.6 Å². The van der Waals surface area contributed by atoms with Crippen LogP contribution in [0.3, 0.4) is 0 Å². The van der Waals surface area contributed by atoms with Crippen molar-refractivity contribution in [1.29, 1.82) is 0 Å². The van der Waals surface area contributed by atoms with Crippen LogP contribution in [-0.4, -0.2) is 122 Å². The zero-order valence-corrected chi connectivity index (χ0v) is 34.8. The molecule has 1 spiro atoms. The van der Waals surface area contributed by atoms with E-state index in [1.807, 2.05) is 66.7 Å². The lowest BCUT2D eigenvalue weighted by molar-refractivity contribution is -0.149. The Morgan fingerprint density at radius 2 is 1.24 bits per heavy atom. The summed E-state index contributed by atoms with van der Waals surface area (Å²) in [6, 6.07) is 18.3. The Hall–Kier alpha value is -6.68. The van der Waals surface area contributed by atoms with Crippen LogP contribution in [0.1, 0.15) is 56.1 Å². The number of H-pyrrole nitrogens is 2. The molecule has 7 N–H and O–H groups in total. The Morgan fingerprint density at radius 3 is 1.89 bits per heavy atom. The Labute approximate surface area is 363 Å². The third-order valence-corrected chi connectivity index (χ3v) is 13.2. The van der Waals surface area contributed by atoms with Crippen LogP contribution in [0.5, 0.6) is 5.75 Å². The van der Waals surface area contributed by atoms with Crippen LogP contribution in [0.2, 0.25) is 0 Å². The fourth-order valence-corrected chi connectivity index (χ4v) is 9.94. The number of nitrogens with one attached hydrogen (secondary N) is 6. The molecule has 0 unspecified atom stereocenters. The number of aromatic nitrogens is 2. The maximum absolute atomic E-state index is 14.8. The second-order valence-corrected chi connectivity index (χ2v) is 17.2. The molecule has 16 heteroatoms. The largest absolute Gasteiger partial charge is 0.488 e. The number of aliphatic hydroxyl groups excluding tert-OH is 1. The van der Waals surface area contributed by atoms with Gasteiger partial charge in [-0.05, 0) is 61.1 Å². The number of para-hydroxylation sites is 3. The van der Waals surface area contributed by atoms with Gasteiger partial charge in [-0.2, -0.15) is 0 Å². The molecule has 1 saturated carbocycles. The first-order chi connectivity index (χ1) is 30.6. The van der Waals surface area contributed by atoms with Gasteiger partial charge in [0, 0.05) is 60.0 Å². The highest BCUT2D eigenvalue weighted by atomic mass is 16.5. The predicted molar refractivity (Wildman–Crippen MR) is 232 cm³/mol. The molecule has 16 nitrogen and oxygen atoms in total. The Kier molecular flexibility index (Phi) is 11.6. The van der Waals surface area contributed by atoms with E-state index in [2.05, 4.69) is 31.2 Å². The summed E-state index contributed by atoms with van der Waals surface area (Å²) in [6.45, 7) is -0.556. The van der Waals surface area contributed by atoms with E-state index in [0.717, 1.165) is 32.9 Å². The quantitative estimate of drug-likeness (QED) is 0.129. The first-order valence-corrected chi connectivity index (χ1v) is 21.9. The highest BCUT2D eigenvalue weighted by Crippen LogP contribution is 2.32. The molecule has 3 saturated heterocycles. The summed E-state index contributed by atoms with van der Waals surface area (Å²) >= 11 is 0. The zero-order valence-electron chi connectivity index (χ0n) is 34.8. The lowest BCUT2D eigenvalue weighted by Gasteiger charge is -2.35. The number of aromatic amines is 2. The number of hydrogen-bond acceptors (Lipinski definition) is 8. The van der Waals surface area contributed by atoms with Crippen LogP contribution in [0.4, 0.5) is 0 Å². The van der Waals surface area contributed by atoms with E-state index in [0.29, 0.717) is 31.4 Å². The van der Waals surface area contributed by atoms with Gasteiger partial charge in [-0.25, -0.2) is 0 Å². The van der Waals surface area contributed by atoms with Crippen LogP contribution in [0, 0.1) is 0 Å². The Bertz CT molecular complexity index is 2530. The Morgan fingerprint density at radius 1 is 0.635 bits per heavy atom. The standard InChI is InChI=1S/C47H52N8O8/c56-27-38-44(60)54-20-10-17-39(54)45(61)55-26-31(63-30-11-2-1-3-12-30)23-40(55)43(59)50-37(22-29-25-49-35-16-7-5-14-33(29)35)42(58)53-47(18-8-9-19-47)46(62)52-36(41(57)51-38)21-28-24-48-34-15-6-4-13-32(28)34/h1-7,11-16,24-25,31,36-40,48-49,56H,8-10,17-23,26-27H2,(H,50,59)(H,51,57)(H,52,62)(H,53,58)/t31-,36-,37-,38-,39+,40+/m0/s1. The number of carbonyl (C=O) groups is 6. The predicted octanol–water partition coefficient (Wildman–Crippen LogP) is 2.36. The van der Waals surface area contributed by atoms with Crippen molar-refractivity contribution in [1.82, 2.24) is 41.0 Å². The number of carbonyl (C=O) groups excluding carboxylic acids is 6. The number of rotatable bonds is 7. The summed E-state index contributed by atoms with van der Waals surface area (Å²) in [7, 11) is 0. The second kappa shape index (κ2) is 17.6. The van der Waals surface area contributed by atoms with Crippen molar-refractivity contribution in [3.8, 4) is 5.75 Å². The maximum atomic E-state index is 14.8. The molecular weight excluding hydrogens is 805 g/mol. The molecule has 4 fully saturated rings. The number of nitrogens with zero attached hydrogens (tertiary/aromatic N) is 2. The first kappa shape index (κ1) is 41.7. The van der Waals surface area contributed by atoms with Crippen molar-refractivity contribution in [3.63, 3.8) is 0 Å². The van der Waals surface area contributed by atoms with Crippen molar-refractivity contribution in [2.75, 3.05) is 19.7 Å². The third-order valence-electron chi connectivity index (χ3n) is 13.2. The molecular formula is C47H52N8O8. The molecule has 5 heterocycles. The number of ether oxygens (including phenoxy) is 1. The summed E-state index contributed by atoms with van der Waals surface area (Å²) in [5.41, 5.74) is 1.72.